The highest BCUT2D eigenvalue weighted by atomic mass is 16.5. The van der Waals surface area contributed by atoms with Crippen LogP contribution < -0.4 is 9.64 Å². The number of nitrogens with zero attached hydrogens (tertiary/aromatic N) is 3. The summed E-state index contributed by atoms with van der Waals surface area (Å²) in [5.41, 5.74) is 1.86. The number of pyridine rings is 1. The van der Waals surface area contributed by atoms with Crippen LogP contribution in [0.25, 0.3) is 0 Å². The lowest BCUT2D eigenvalue weighted by Gasteiger charge is -2.33. The molecule has 0 N–H and O–H groups in total. The number of fused-ring (bicyclic) bond motifs is 3. The summed E-state index contributed by atoms with van der Waals surface area (Å²) in [5.74, 6) is 0.935. The third-order valence-electron chi connectivity index (χ3n) is 5.03. The van der Waals surface area contributed by atoms with E-state index in [9.17, 15) is 4.79 Å². The van der Waals surface area contributed by atoms with Crippen LogP contribution >= 0.6 is 0 Å². The van der Waals surface area contributed by atoms with Gasteiger partial charge in [0.15, 0.2) is 0 Å². The van der Waals surface area contributed by atoms with E-state index in [1.54, 1.807) is 6.20 Å². The molecule has 0 radical (unpaired) electrons. The van der Waals surface area contributed by atoms with Gasteiger partial charge in [0, 0.05) is 31.4 Å². The number of aromatic nitrogens is 1. The molecule has 1 fully saturated rings. The number of anilines is 1. The van der Waals surface area contributed by atoms with Gasteiger partial charge in [0.1, 0.15) is 11.9 Å². The molecule has 4 rings (SSSR count). The molecule has 2 bridgehead atoms. The molecule has 1 amide bonds. The number of hydrogen-bond acceptors (Lipinski definition) is 4. The predicted molar refractivity (Wildman–Crippen MR) is 96.5 cm³/mol. The average Bonchev–Trinajstić information content (AvgIpc) is 3.05. The van der Waals surface area contributed by atoms with Crippen molar-refractivity contribution in [3.63, 3.8) is 0 Å². The van der Waals surface area contributed by atoms with E-state index in [1.165, 1.54) is 0 Å². The molecule has 2 atom stereocenters. The fourth-order valence-electron chi connectivity index (χ4n) is 3.82. The molecule has 1 aromatic heterocycles. The Morgan fingerprint density at radius 2 is 2.08 bits per heavy atom. The zero-order valence-corrected chi connectivity index (χ0v) is 14.6. The number of para-hydroxylation sites is 2. The van der Waals surface area contributed by atoms with Crippen molar-refractivity contribution >= 4 is 11.6 Å². The van der Waals surface area contributed by atoms with Crippen LogP contribution in [0.3, 0.4) is 0 Å². The van der Waals surface area contributed by atoms with Crippen molar-refractivity contribution in [2.75, 3.05) is 11.4 Å². The van der Waals surface area contributed by atoms with Crippen LogP contribution in [0.4, 0.5) is 5.69 Å². The van der Waals surface area contributed by atoms with E-state index in [-0.39, 0.29) is 18.1 Å². The van der Waals surface area contributed by atoms with Crippen molar-refractivity contribution < 1.29 is 9.53 Å². The molecular formula is C20H23N3O2. The summed E-state index contributed by atoms with van der Waals surface area (Å²) in [4.78, 5) is 21.7. The summed E-state index contributed by atoms with van der Waals surface area (Å²) in [5, 5.41) is 0. The number of carbonyl (C=O) groups is 1. The Hall–Kier alpha value is -2.40. The van der Waals surface area contributed by atoms with Crippen molar-refractivity contribution in [2.45, 2.75) is 45.0 Å². The summed E-state index contributed by atoms with van der Waals surface area (Å²) in [6.07, 6.45) is 4.37. The maximum Gasteiger partial charge on any atom is 0.244 e. The monoisotopic (exact) mass is 337 g/mol. The van der Waals surface area contributed by atoms with Crippen LogP contribution in [0.2, 0.25) is 0 Å². The SMILES string of the molecule is CC(C)N1CC2CC1C(=O)N(Cc1cccnc1)c1ccccc1O2. The van der Waals surface area contributed by atoms with E-state index in [0.29, 0.717) is 12.6 Å². The Morgan fingerprint density at radius 1 is 1.24 bits per heavy atom. The van der Waals surface area contributed by atoms with Crippen LogP contribution in [0.5, 0.6) is 5.75 Å². The molecule has 1 aromatic carbocycles. The summed E-state index contributed by atoms with van der Waals surface area (Å²) < 4.78 is 6.27. The first-order valence-corrected chi connectivity index (χ1v) is 8.85. The molecule has 130 valence electrons. The van der Waals surface area contributed by atoms with Gasteiger partial charge in [-0.15, -0.1) is 0 Å². The zero-order chi connectivity index (χ0) is 17.4. The normalized spacial score (nSPS) is 23.2. The molecule has 2 aliphatic rings. The molecule has 5 nitrogen and oxygen atoms in total. The van der Waals surface area contributed by atoms with Gasteiger partial charge in [-0.05, 0) is 37.6 Å². The number of benzene rings is 1. The summed E-state index contributed by atoms with van der Waals surface area (Å²) >= 11 is 0. The number of hydrogen-bond donors (Lipinski definition) is 0. The van der Waals surface area contributed by atoms with Gasteiger partial charge >= 0.3 is 0 Å². The fraction of sp³-hybridized carbons (Fsp3) is 0.400. The third-order valence-corrected chi connectivity index (χ3v) is 5.03. The molecule has 1 saturated heterocycles. The van der Waals surface area contributed by atoms with Crippen LogP contribution in [-0.2, 0) is 11.3 Å². The fourth-order valence-corrected chi connectivity index (χ4v) is 3.82. The minimum Gasteiger partial charge on any atom is -0.487 e. The molecule has 5 heteroatoms. The van der Waals surface area contributed by atoms with Crippen LogP contribution in [0.1, 0.15) is 25.8 Å². The highest BCUT2D eigenvalue weighted by Crippen LogP contribution is 2.37. The van der Waals surface area contributed by atoms with Crippen molar-refractivity contribution in [3.05, 3.63) is 54.4 Å². The van der Waals surface area contributed by atoms with Crippen LogP contribution in [0.15, 0.2) is 48.8 Å². The Balaban J connectivity index is 1.75. The standard InChI is InChI=1S/C20H23N3O2/c1-14(2)22-13-16-10-18(22)20(24)23(12-15-6-5-9-21-11-15)17-7-3-4-8-19(17)25-16/h3-9,11,14,16,18H,10,12-13H2,1-2H3. The third kappa shape index (κ3) is 3.00. The van der Waals surface area contributed by atoms with Gasteiger partial charge < -0.3 is 9.64 Å². The first-order valence-electron chi connectivity index (χ1n) is 8.85. The Bertz CT molecular complexity index is 763. The first kappa shape index (κ1) is 16.1. The first-order chi connectivity index (χ1) is 12.1. The lowest BCUT2D eigenvalue weighted by Crippen LogP contribution is -2.48. The summed E-state index contributed by atoms with van der Waals surface area (Å²) in [6, 6.07) is 11.9. The van der Waals surface area contributed by atoms with E-state index in [4.69, 9.17) is 4.74 Å². The number of likely N-dealkylation sites (tertiary alicyclic amines) is 1. The van der Waals surface area contributed by atoms with Gasteiger partial charge in [-0.3, -0.25) is 14.7 Å². The minimum absolute atomic E-state index is 0.0676. The minimum atomic E-state index is -0.130. The number of rotatable bonds is 3. The predicted octanol–water partition coefficient (Wildman–Crippen LogP) is 2.86. The highest BCUT2D eigenvalue weighted by Gasteiger charge is 2.43. The summed E-state index contributed by atoms with van der Waals surface area (Å²) in [6.45, 7) is 5.57. The summed E-state index contributed by atoms with van der Waals surface area (Å²) in [7, 11) is 0. The van der Waals surface area contributed by atoms with Gasteiger partial charge in [0.2, 0.25) is 5.91 Å². The van der Waals surface area contributed by atoms with Crippen molar-refractivity contribution in [3.8, 4) is 5.75 Å². The zero-order valence-electron chi connectivity index (χ0n) is 14.6. The topological polar surface area (TPSA) is 45.7 Å². The largest absolute Gasteiger partial charge is 0.487 e. The van der Waals surface area contributed by atoms with Gasteiger partial charge in [-0.2, -0.15) is 0 Å². The van der Waals surface area contributed by atoms with E-state index in [0.717, 1.165) is 30.0 Å². The smallest absolute Gasteiger partial charge is 0.244 e. The quantitative estimate of drug-likeness (QED) is 0.864. The highest BCUT2D eigenvalue weighted by molar-refractivity contribution is 5.99. The molecule has 0 spiro atoms. The van der Waals surface area contributed by atoms with Gasteiger partial charge in [0.25, 0.3) is 0 Å². The van der Waals surface area contributed by atoms with Crippen LogP contribution in [0, 0.1) is 0 Å². The number of ether oxygens (including phenoxy) is 1. The second kappa shape index (κ2) is 6.48. The number of carbonyl (C=O) groups excluding carboxylic acids is 1. The lowest BCUT2D eigenvalue weighted by atomic mass is 10.1. The molecule has 3 heterocycles. The van der Waals surface area contributed by atoms with Gasteiger partial charge in [-0.25, -0.2) is 0 Å². The Morgan fingerprint density at radius 3 is 2.84 bits per heavy atom. The lowest BCUT2D eigenvalue weighted by molar-refractivity contribution is -0.123. The molecule has 2 aliphatic heterocycles. The van der Waals surface area contributed by atoms with Gasteiger partial charge in [-0.1, -0.05) is 18.2 Å². The molecule has 0 aliphatic carbocycles. The van der Waals surface area contributed by atoms with Crippen molar-refractivity contribution in [2.24, 2.45) is 0 Å². The second-order valence-corrected chi connectivity index (χ2v) is 7.04. The molecule has 25 heavy (non-hydrogen) atoms. The van der Waals surface area contributed by atoms with E-state index in [1.807, 2.05) is 47.5 Å². The van der Waals surface area contributed by atoms with Crippen LogP contribution in [-0.4, -0.2) is 40.5 Å². The van der Waals surface area contributed by atoms with Crippen molar-refractivity contribution in [1.82, 2.24) is 9.88 Å². The van der Waals surface area contributed by atoms with E-state index < -0.39 is 0 Å². The Kier molecular flexibility index (Phi) is 4.17. The molecular weight excluding hydrogens is 314 g/mol. The van der Waals surface area contributed by atoms with E-state index in [2.05, 4.69) is 23.7 Å². The molecule has 2 aromatic rings. The number of amides is 1. The molecule has 0 saturated carbocycles. The molecule has 2 unspecified atom stereocenters. The second-order valence-electron chi connectivity index (χ2n) is 7.04. The van der Waals surface area contributed by atoms with Crippen molar-refractivity contribution in [1.29, 1.82) is 0 Å². The Labute approximate surface area is 148 Å². The van der Waals surface area contributed by atoms with Gasteiger partial charge in [0.05, 0.1) is 18.3 Å². The van der Waals surface area contributed by atoms with E-state index >= 15 is 0 Å². The average molecular weight is 337 g/mol. The maximum atomic E-state index is 13.4. The maximum absolute atomic E-state index is 13.4.